The highest BCUT2D eigenvalue weighted by atomic mass is 16.6. The number of carbonyl (C=O) groups is 1. The van der Waals surface area contributed by atoms with Gasteiger partial charge in [0.05, 0.1) is 11.9 Å². The van der Waals surface area contributed by atoms with E-state index in [4.69, 9.17) is 9.31 Å². The summed E-state index contributed by atoms with van der Waals surface area (Å²) in [6, 6.07) is 7.35. The molecular formula is C15H18BNO3. The van der Waals surface area contributed by atoms with Gasteiger partial charge in [0, 0.05) is 11.6 Å². The number of amides is 1. The first-order valence-electron chi connectivity index (χ1n) is 6.55. The lowest BCUT2D eigenvalue weighted by molar-refractivity contribution is -0.111. The van der Waals surface area contributed by atoms with Gasteiger partial charge in [0.15, 0.2) is 0 Å². The number of rotatable bonds is 3. The molecule has 0 aromatic heterocycles. The molecule has 0 bridgehead atoms. The second-order valence-electron chi connectivity index (χ2n) is 4.86. The second kappa shape index (κ2) is 5.97. The SMILES string of the molecule is C=CC(=O)Nc1cccc(B2OC(=C)C(C)C(C)O2)c1. The molecule has 4 nitrogen and oxygen atoms in total. The van der Waals surface area contributed by atoms with Crippen LogP contribution in [0.5, 0.6) is 0 Å². The smallest absolute Gasteiger partial charge is 0.536 e. The molecule has 1 aliphatic heterocycles. The van der Waals surface area contributed by atoms with Gasteiger partial charge in [0.2, 0.25) is 5.91 Å². The Morgan fingerprint density at radius 2 is 2.20 bits per heavy atom. The minimum absolute atomic E-state index is 0.0349. The van der Waals surface area contributed by atoms with Gasteiger partial charge in [0.25, 0.3) is 0 Å². The second-order valence-corrected chi connectivity index (χ2v) is 4.86. The maximum absolute atomic E-state index is 11.3. The van der Waals surface area contributed by atoms with Crippen LogP contribution >= 0.6 is 0 Å². The van der Waals surface area contributed by atoms with E-state index in [9.17, 15) is 4.79 Å². The Bertz CT molecular complexity index is 544. The summed E-state index contributed by atoms with van der Waals surface area (Å²) in [5.74, 6) is 0.628. The summed E-state index contributed by atoms with van der Waals surface area (Å²) in [5.41, 5.74) is 1.52. The topological polar surface area (TPSA) is 47.6 Å². The molecule has 1 heterocycles. The summed E-state index contributed by atoms with van der Waals surface area (Å²) >= 11 is 0. The normalized spacial score (nSPS) is 22.1. The van der Waals surface area contributed by atoms with Crippen LogP contribution in [-0.2, 0) is 14.1 Å². The van der Waals surface area contributed by atoms with E-state index in [2.05, 4.69) is 18.5 Å². The molecule has 1 aliphatic rings. The van der Waals surface area contributed by atoms with Crippen LogP contribution < -0.4 is 10.8 Å². The Hall–Kier alpha value is -2.01. The van der Waals surface area contributed by atoms with Crippen molar-refractivity contribution in [1.82, 2.24) is 0 Å². The van der Waals surface area contributed by atoms with Gasteiger partial charge < -0.3 is 14.6 Å². The number of anilines is 1. The molecule has 0 radical (unpaired) electrons. The summed E-state index contributed by atoms with van der Waals surface area (Å²) in [6.07, 6.45) is 1.26. The fourth-order valence-electron chi connectivity index (χ4n) is 1.95. The molecule has 0 aliphatic carbocycles. The third-order valence-electron chi connectivity index (χ3n) is 3.42. The molecule has 1 N–H and O–H groups in total. The van der Waals surface area contributed by atoms with E-state index in [0.29, 0.717) is 11.4 Å². The Balaban J connectivity index is 2.16. The van der Waals surface area contributed by atoms with Gasteiger partial charge in [-0.05, 0) is 30.6 Å². The van der Waals surface area contributed by atoms with Crippen molar-refractivity contribution in [2.24, 2.45) is 5.92 Å². The third kappa shape index (κ3) is 3.11. The molecule has 0 saturated carbocycles. The van der Waals surface area contributed by atoms with Crippen molar-refractivity contribution in [2.45, 2.75) is 20.0 Å². The van der Waals surface area contributed by atoms with Gasteiger partial charge in [-0.15, -0.1) is 0 Å². The van der Waals surface area contributed by atoms with Crippen molar-refractivity contribution in [3.8, 4) is 0 Å². The van der Waals surface area contributed by atoms with Crippen LogP contribution in [0.25, 0.3) is 0 Å². The molecule has 1 amide bonds. The van der Waals surface area contributed by atoms with Crippen molar-refractivity contribution < 1.29 is 14.1 Å². The fourth-order valence-corrected chi connectivity index (χ4v) is 1.95. The van der Waals surface area contributed by atoms with Crippen LogP contribution in [0, 0.1) is 5.92 Å². The Labute approximate surface area is 119 Å². The Kier molecular flexibility index (Phi) is 4.30. The average Bonchev–Trinajstić information content (AvgIpc) is 2.44. The van der Waals surface area contributed by atoms with Gasteiger partial charge in [-0.2, -0.15) is 0 Å². The molecule has 20 heavy (non-hydrogen) atoms. The van der Waals surface area contributed by atoms with E-state index in [-0.39, 0.29) is 17.9 Å². The van der Waals surface area contributed by atoms with Crippen molar-refractivity contribution in [3.63, 3.8) is 0 Å². The van der Waals surface area contributed by atoms with Crippen molar-refractivity contribution in [2.75, 3.05) is 5.32 Å². The van der Waals surface area contributed by atoms with Gasteiger partial charge in [-0.1, -0.05) is 32.2 Å². The van der Waals surface area contributed by atoms with Crippen LogP contribution in [0.4, 0.5) is 5.69 Å². The standard InChI is InChI=1S/C15H18BNO3/c1-5-15(18)17-14-8-6-7-13(9-14)16-19-11(3)10(2)12(4)20-16/h5-10,12H,1,3H2,2,4H3,(H,17,18). The monoisotopic (exact) mass is 271 g/mol. The van der Waals surface area contributed by atoms with Crippen LogP contribution in [0.1, 0.15) is 13.8 Å². The van der Waals surface area contributed by atoms with Crippen LogP contribution in [0.2, 0.25) is 0 Å². The molecule has 104 valence electrons. The average molecular weight is 271 g/mol. The molecule has 1 fully saturated rings. The lowest BCUT2D eigenvalue weighted by Gasteiger charge is -2.33. The number of carbonyl (C=O) groups excluding carboxylic acids is 1. The van der Waals surface area contributed by atoms with Gasteiger partial charge in [-0.25, -0.2) is 0 Å². The number of benzene rings is 1. The first kappa shape index (κ1) is 14.4. The zero-order valence-electron chi connectivity index (χ0n) is 11.8. The predicted octanol–water partition coefficient (Wildman–Crippen LogP) is 2.09. The number of hydrogen-bond donors (Lipinski definition) is 1. The summed E-state index contributed by atoms with van der Waals surface area (Å²) in [7, 11) is -0.491. The molecular weight excluding hydrogens is 253 g/mol. The fraction of sp³-hybridized carbons (Fsp3) is 0.267. The summed E-state index contributed by atoms with van der Waals surface area (Å²) in [4.78, 5) is 11.3. The predicted molar refractivity (Wildman–Crippen MR) is 80.6 cm³/mol. The highest BCUT2D eigenvalue weighted by molar-refractivity contribution is 6.61. The Morgan fingerprint density at radius 1 is 1.45 bits per heavy atom. The molecule has 2 rings (SSSR count). The van der Waals surface area contributed by atoms with E-state index in [1.807, 2.05) is 32.0 Å². The van der Waals surface area contributed by atoms with Gasteiger partial charge in [-0.3, -0.25) is 4.79 Å². The highest BCUT2D eigenvalue weighted by Crippen LogP contribution is 2.24. The lowest BCUT2D eigenvalue weighted by Crippen LogP contribution is -2.46. The quantitative estimate of drug-likeness (QED) is 0.676. The zero-order valence-corrected chi connectivity index (χ0v) is 11.8. The first-order chi connectivity index (χ1) is 9.51. The van der Waals surface area contributed by atoms with E-state index in [0.717, 1.165) is 5.46 Å². The lowest BCUT2D eigenvalue weighted by atomic mass is 9.76. The molecule has 1 saturated heterocycles. The van der Waals surface area contributed by atoms with Crippen LogP contribution in [0.15, 0.2) is 49.3 Å². The highest BCUT2D eigenvalue weighted by Gasteiger charge is 2.35. The molecule has 1 aromatic carbocycles. The van der Waals surface area contributed by atoms with Gasteiger partial charge >= 0.3 is 7.12 Å². The molecule has 1 aromatic rings. The van der Waals surface area contributed by atoms with Gasteiger partial charge in [0.1, 0.15) is 0 Å². The zero-order chi connectivity index (χ0) is 14.7. The van der Waals surface area contributed by atoms with E-state index >= 15 is 0 Å². The van der Waals surface area contributed by atoms with E-state index in [1.54, 1.807) is 6.07 Å². The molecule has 2 unspecified atom stereocenters. The maximum atomic E-state index is 11.3. The van der Waals surface area contributed by atoms with Crippen molar-refractivity contribution in [1.29, 1.82) is 0 Å². The van der Waals surface area contributed by atoms with Crippen molar-refractivity contribution >= 4 is 24.2 Å². The van der Waals surface area contributed by atoms with Crippen LogP contribution in [-0.4, -0.2) is 19.1 Å². The molecule has 0 spiro atoms. The first-order valence-corrected chi connectivity index (χ1v) is 6.55. The van der Waals surface area contributed by atoms with Crippen LogP contribution in [0.3, 0.4) is 0 Å². The minimum atomic E-state index is -0.491. The number of nitrogens with one attached hydrogen (secondary N) is 1. The van der Waals surface area contributed by atoms with E-state index < -0.39 is 7.12 Å². The van der Waals surface area contributed by atoms with Crippen molar-refractivity contribution in [3.05, 3.63) is 49.3 Å². The summed E-state index contributed by atoms with van der Waals surface area (Å²) < 4.78 is 11.5. The third-order valence-corrected chi connectivity index (χ3v) is 3.42. The molecule has 2 atom stereocenters. The summed E-state index contributed by atoms with van der Waals surface area (Å²) in [5, 5.41) is 2.71. The minimum Gasteiger partial charge on any atom is -0.536 e. The number of hydrogen-bond acceptors (Lipinski definition) is 3. The molecule has 5 heteroatoms. The largest absolute Gasteiger partial charge is 0.562 e. The Morgan fingerprint density at radius 3 is 2.85 bits per heavy atom. The van der Waals surface area contributed by atoms with E-state index in [1.165, 1.54) is 6.08 Å². The summed E-state index contributed by atoms with van der Waals surface area (Å²) in [6.45, 7) is 11.4. The maximum Gasteiger partial charge on any atom is 0.562 e.